The predicted octanol–water partition coefficient (Wildman–Crippen LogP) is 4.07. The summed E-state index contributed by atoms with van der Waals surface area (Å²) < 4.78 is 0.767. The zero-order valence-electron chi connectivity index (χ0n) is 11.4. The van der Waals surface area contributed by atoms with Gasteiger partial charge < -0.3 is 4.90 Å². The van der Waals surface area contributed by atoms with Crippen molar-refractivity contribution in [3.05, 3.63) is 64.1 Å². The molecule has 0 unspecified atom stereocenters. The minimum atomic E-state index is -0.0791. The van der Waals surface area contributed by atoms with Crippen LogP contribution >= 0.6 is 15.9 Å². The number of nitrogens with zero attached hydrogens (tertiary/aromatic N) is 1. The fourth-order valence-corrected chi connectivity index (χ4v) is 3.04. The number of para-hydroxylation sites is 1. The Hall–Kier alpha value is -1.94. The Balaban J connectivity index is 2.06. The van der Waals surface area contributed by atoms with Crippen LogP contribution in [-0.4, -0.2) is 18.2 Å². The van der Waals surface area contributed by atoms with E-state index in [0.717, 1.165) is 4.47 Å². The van der Waals surface area contributed by atoms with Crippen molar-refractivity contribution in [3.63, 3.8) is 0 Å². The number of carbonyl (C=O) groups is 2. The molecule has 0 radical (unpaired) electrons. The number of Topliss-reactive ketones (excluding diaryl/α,β-unsaturated/α-hetero) is 1. The van der Waals surface area contributed by atoms with Crippen LogP contribution in [0.5, 0.6) is 0 Å². The van der Waals surface area contributed by atoms with E-state index in [0.29, 0.717) is 36.2 Å². The molecule has 0 aromatic heterocycles. The van der Waals surface area contributed by atoms with Crippen molar-refractivity contribution in [1.82, 2.24) is 0 Å². The Morgan fingerprint density at radius 3 is 2.57 bits per heavy atom. The average Bonchev–Trinajstić information content (AvgIpc) is 2.67. The average molecular weight is 344 g/mol. The molecule has 0 fully saturated rings. The number of hydrogen-bond donors (Lipinski definition) is 0. The van der Waals surface area contributed by atoms with Crippen LogP contribution in [0.3, 0.4) is 0 Å². The summed E-state index contributed by atoms with van der Waals surface area (Å²) in [4.78, 5) is 26.7. The van der Waals surface area contributed by atoms with Gasteiger partial charge in [0.1, 0.15) is 0 Å². The third-order valence-electron chi connectivity index (χ3n) is 3.63. The van der Waals surface area contributed by atoms with Crippen molar-refractivity contribution in [3.8, 4) is 0 Å². The maximum absolute atomic E-state index is 12.8. The lowest BCUT2D eigenvalue weighted by Gasteiger charge is -2.23. The van der Waals surface area contributed by atoms with Gasteiger partial charge in [-0.25, -0.2) is 0 Å². The molecule has 2 aromatic rings. The number of halogens is 1. The van der Waals surface area contributed by atoms with E-state index in [1.54, 1.807) is 17.0 Å². The lowest BCUT2D eigenvalue weighted by molar-refractivity contribution is 0.0973. The number of rotatable bonds is 1. The first-order chi connectivity index (χ1) is 10.2. The second-order valence-corrected chi connectivity index (χ2v) is 5.83. The first-order valence-corrected chi connectivity index (χ1v) is 7.66. The van der Waals surface area contributed by atoms with Gasteiger partial charge in [-0.2, -0.15) is 0 Å². The molecule has 3 rings (SSSR count). The number of benzene rings is 2. The number of hydrogen-bond acceptors (Lipinski definition) is 2. The molecule has 0 bridgehead atoms. The van der Waals surface area contributed by atoms with E-state index >= 15 is 0 Å². The van der Waals surface area contributed by atoms with Gasteiger partial charge in [-0.15, -0.1) is 0 Å². The SMILES string of the molecule is O=C1CCCN(C(=O)c2ccccc2Br)c2ccccc21. The Morgan fingerprint density at radius 1 is 1.05 bits per heavy atom. The highest BCUT2D eigenvalue weighted by molar-refractivity contribution is 9.10. The van der Waals surface area contributed by atoms with Gasteiger partial charge in [0.05, 0.1) is 11.3 Å². The summed E-state index contributed by atoms with van der Waals surface area (Å²) in [5.74, 6) is 0.0256. The van der Waals surface area contributed by atoms with Crippen molar-refractivity contribution in [1.29, 1.82) is 0 Å². The second-order valence-electron chi connectivity index (χ2n) is 4.98. The monoisotopic (exact) mass is 343 g/mol. The van der Waals surface area contributed by atoms with Gasteiger partial charge in [0.2, 0.25) is 0 Å². The lowest BCUT2D eigenvalue weighted by Crippen LogP contribution is -2.32. The summed E-state index contributed by atoms with van der Waals surface area (Å²) >= 11 is 3.42. The molecule has 4 heteroatoms. The highest BCUT2D eigenvalue weighted by Crippen LogP contribution is 2.29. The molecular formula is C17H14BrNO2. The largest absolute Gasteiger partial charge is 0.308 e. The van der Waals surface area contributed by atoms with Crippen LogP contribution in [0.4, 0.5) is 5.69 Å². The molecule has 21 heavy (non-hydrogen) atoms. The summed E-state index contributed by atoms with van der Waals surface area (Å²) in [6.45, 7) is 0.558. The van der Waals surface area contributed by atoms with E-state index in [-0.39, 0.29) is 11.7 Å². The van der Waals surface area contributed by atoms with E-state index in [4.69, 9.17) is 0 Å². The fraction of sp³-hybridized carbons (Fsp3) is 0.176. The standard InChI is InChI=1S/C17H14BrNO2/c18-14-8-3-1-6-12(14)17(21)19-11-5-10-16(20)13-7-2-4-9-15(13)19/h1-4,6-9H,5,10-11H2. The van der Waals surface area contributed by atoms with Crippen LogP contribution < -0.4 is 4.90 Å². The highest BCUT2D eigenvalue weighted by atomic mass is 79.9. The van der Waals surface area contributed by atoms with E-state index in [1.165, 1.54) is 0 Å². The van der Waals surface area contributed by atoms with Gasteiger partial charge >= 0.3 is 0 Å². The Labute approximate surface area is 131 Å². The van der Waals surface area contributed by atoms with Crippen molar-refractivity contribution in [2.75, 3.05) is 11.4 Å². The van der Waals surface area contributed by atoms with Gasteiger partial charge in [-0.3, -0.25) is 9.59 Å². The van der Waals surface area contributed by atoms with Crippen LogP contribution in [0.25, 0.3) is 0 Å². The smallest absolute Gasteiger partial charge is 0.259 e. The normalized spacial score (nSPS) is 14.5. The third-order valence-corrected chi connectivity index (χ3v) is 4.32. The minimum absolute atomic E-state index is 0.0791. The van der Waals surface area contributed by atoms with Gasteiger partial charge in [-0.1, -0.05) is 24.3 Å². The van der Waals surface area contributed by atoms with Crippen LogP contribution in [0.1, 0.15) is 33.6 Å². The molecule has 0 N–H and O–H groups in total. The molecular weight excluding hydrogens is 330 g/mol. The van der Waals surface area contributed by atoms with Crippen LogP contribution in [0.2, 0.25) is 0 Å². The molecule has 0 saturated carbocycles. The molecule has 0 aliphatic carbocycles. The highest BCUT2D eigenvalue weighted by Gasteiger charge is 2.26. The van der Waals surface area contributed by atoms with Crippen molar-refractivity contribution in [2.24, 2.45) is 0 Å². The molecule has 1 amide bonds. The van der Waals surface area contributed by atoms with E-state index in [9.17, 15) is 9.59 Å². The Morgan fingerprint density at radius 2 is 1.76 bits per heavy atom. The molecule has 1 aliphatic rings. The number of ketones is 1. The quantitative estimate of drug-likeness (QED) is 0.782. The van der Waals surface area contributed by atoms with Gasteiger partial charge in [0, 0.05) is 23.0 Å². The predicted molar refractivity (Wildman–Crippen MR) is 85.8 cm³/mol. The summed E-state index contributed by atoms with van der Waals surface area (Å²) in [6, 6.07) is 14.7. The summed E-state index contributed by atoms with van der Waals surface area (Å²) in [5, 5.41) is 0. The fourth-order valence-electron chi connectivity index (χ4n) is 2.59. The Bertz CT molecular complexity index is 711. The van der Waals surface area contributed by atoms with Crippen LogP contribution in [0, 0.1) is 0 Å². The molecule has 0 spiro atoms. The van der Waals surface area contributed by atoms with E-state index < -0.39 is 0 Å². The number of fused-ring (bicyclic) bond motifs is 1. The Kier molecular flexibility index (Phi) is 3.88. The maximum Gasteiger partial charge on any atom is 0.259 e. The van der Waals surface area contributed by atoms with E-state index in [1.807, 2.05) is 36.4 Å². The third kappa shape index (κ3) is 2.63. The van der Waals surface area contributed by atoms with Crippen molar-refractivity contribution >= 4 is 33.3 Å². The summed E-state index contributed by atoms with van der Waals surface area (Å²) in [7, 11) is 0. The zero-order chi connectivity index (χ0) is 14.8. The topological polar surface area (TPSA) is 37.4 Å². The van der Waals surface area contributed by atoms with Crippen LogP contribution in [-0.2, 0) is 0 Å². The number of carbonyl (C=O) groups excluding carboxylic acids is 2. The number of anilines is 1. The lowest BCUT2D eigenvalue weighted by atomic mass is 10.1. The summed E-state index contributed by atoms with van der Waals surface area (Å²) in [5.41, 5.74) is 1.96. The maximum atomic E-state index is 12.8. The molecule has 2 aromatic carbocycles. The zero-order valence-corrected chi connectivity index (χ0v) is 13.0. The molecule has 1 heterocycles. The van der Waals surface area contributed by atoms with Gasteiger partial charge in [0.15, 0.2) is 5.78 Å². The summed E-state index contributed by atoms with van der Waals surface area (Å²) in [6.07, 6.45) is 1.17. The molecule has 0 atom stereocenters. The van der Waals surface area contributed by atoms with Gasteiger partial charge in [-0.05, 0) is 46.6 Å². The first kappa shape index (κ1) is 14.0. The molecule has 0 saturated heterocycles. The molecule has 1 aliphatic heterocycles. The second kappa shape index (κ2) is 5.82. The van der Waals surface area contributed by atoms with E-state index in [2.05, 4.69) is 15.9 Å². The van der Waals surface area contributed by atoms with Crippen molar-refractivity contribution in [2.45, 2.75) is 12.8 Å². The van der Waals surface area contributed by atoms with Gasteiger partial charge in [0.25, 0.3) is 5.91 Å². The molecule has 3 nitrogen and oxygen atoms in total. The van der Waals surface area contributed by atoms with Crippen molar-refractivity contribution < 1.29 is 9.59 Å². The van der Waals surface area contributed by atoms with Crippen LogP contribution in [0.15, 0.2) is 53.0 Å². The number of amides is 1. The molecule has 106 valence electrons. The minimum Gasteiger partial charge on any atom is -0.308 e. The first-order valence-electron chi connectivity index (χ1n) is 6.87.